The number of anilines is 1. The van der Waals surface area contributed by atoms with Gasteiger partial charge in [0.25, 0.3) is 0 Å². The molecular formula is C19H20N2S. The fourth-order valence-electron chi connectivity index (χ4n) is 2.20. The number of nitrogens with zero attached hydrogens (tertiary/aromatic N) is 1. The van der Waals surface area contributed by atoms with Gasteiger partial charge in [-0.1, -0.05) is 37.5 Å². The number of thiol groups is 1. The molecule has 0 saturated heterocycles. The summed E-state index contributed by atoms with van der Waals surface area (Å²) < 4.78 is 0. The molecule has 22 heavy (non-hydrogen) atoms. The van der Waals surface area contributed by atoms with Gasteiger partial charge in [-0.3, -0.25) is 4.98 Å². The zero-order valence-electron chi connectivity index (χ0n) is 12.9. The second-order valence-corrected chi connectivity index (χ2v) is 5.49. The van der Waals surface area contributed by atoms with Crippen molar-refractivity contribution in [2.24, 2.45) is 0 Å². The quantitative estimate of drug-likeness (QED) is 0.845. The summed E-state index contributed by atoms with van der Waals surface area (Å²) in [5, 5.41) is 5.34. The van der Waals surface area contributed by atoms with E-state index in [1.165, 1.54) is 0 Å². The van der Waals surface area contributed by atoms with Crippen molar-refractivity contribution in [3.8, 4) is 0 Å². The fraction of sp³-hybridized carbons (Fsp3) is 0.105. The van der Waals surface area contributed by atoms with E-state index >= 15 is 0 Å². The summed E-state index contributed by atoms with van der Waals surface area (Å²) in [6.45, 7) is 11.6. The zero-order chi connectivity index (χ0) is 16.1. The van der Waals surface area contributed by atoms with Gasteiger partial charge >= 0.3 is 0 Å². The second-order valence-electron chi connectivity index (χ2n) is 5.01. The second kappa shape index (κ2) is 7.14. The first-order valence-electron chi connectivity index (χ1n) is 7.04. The summed E-state index contributed by atoms with van der Waals surface area (Å²) in [4.78, 5) is 5.51. The highest BCUT2D eigenvalue weighted by Crippen LogP contribution is 2.22. The Morgan fingerprint density at radius 1 is 1.32 bits per heavy atom. The number of benzene rings is 1. The van der Waals surface area contributed by atoms with E-state index in [0.29, 0.717) is 0 Å². The Labute approximate surface area is 137 Å². The third kappa shape index (κ3) is 3.49. The summed E-state index contributed by atoms with van der Waals surface area (Å²) in [5.41, 5.74) is 4.11. The van der Waals surface area contributed by atoms with Crippen LogP contribution in [0.5, 0.6) is 0 Å². The molecule has 0 saturated carbocycles. The smallest absolute Gasteiger partial charge is 0.0891 e. The van der Waals surface area contributed by atoms with Gasteiger partial charge in [0, 0.05) is 27.7 Å². The molecule has 2 aromatic rings. The molecule has 1 aromatic heterocycles. The molecule has 0 spiro atoms. The third-order valence-electron chi connectivity index (χ3n) is 3.45. The maximum absolute atomic E-state index is 4.55. The van der Waals surface area contributed by atoms with Gasteiger partial charge in [0.1, 0.15) is 0 Å². The number of allylic oxidation sites excluding steroid dienone is 1. The summed E-state index contributed by atoms with van der Waals surface area (Å²) in [6.07, 6.45) is 7.31. The monoisotopic (exact) mass is 308 g/mol. The first-order valence-corrected chi connectivity index (χ1v) is 7.49. The van der Waals surface area contributed by atoms with Crippen molar-refractivity contribution in [3.05, 3.63) is 71.4 Å². The van der Waals surface area contributed by atoms with Crippen molar-refractivity contribution in [2.75, 3.05) is 5.32 Å². The van der Waals surface area contributed by atoms with E-state index in [9.17, 15) is 0 Å². The molecule has 0 bridgehead atoms. The fourth-order valence-corrected chi connectivity index (χ4v) is 2.40. The molecule has 0 atom stereocenters. The molecule has 0 unspecified atom stereocenters. The van der Waals surface area contributed by atoms with E-state index in [-0.39, 0.29) is 0 Å². The number of hydrogen-bond donors (Lipinski definition) is 2. The van der Waals surface area contributed by atoms with E-state index in [1.54, 1.807) is 12.2 Å². The Balaban J connectivity index is 2.59. The lowest BCUT2D eigenvalue weighted by Gasteiger charge is -2.11. The third-order valence-corrected chi connectivity index (χ3v) is 3.94. The van der Waals surface area contributed by atoms with Gasteiger partial charge in [0.05, 0.1) is 5.35 Å². The zero-order valence-corrected chi connectivity index (χ0v) is 13.8. The Bertz CT molecular complexity index is 835. The van der Waals surface area contributed by atoms with Gasteiger partial charge in [0.15, 0.2) is 0 Å². The van der Waals surface area contributed by atoms with Crippen molar-refractivity contribution >= 4 is 36.2 Å². The minimum absolute atomic E-state index is 0.898. The molecule has 0 aliphatic rings. The molecule has 2 rings (SSSR count). The molecule has 0 aliphatic carbocycles. The lowest BCUT2D eigenvalue weighted by atomic mass is 10.2. The van der Waals surface area contributed by atoms with Crippen LogP contribution in [0.2, 0.25) is 0 Å². The van der Waals surface area contributed by atoms with Crippen LogP contribution in [0.3, 0.4) is 0 Å². The number of nitrogens with one attached hydrogen (secondary N) is 1. The Morgan fingerprint density at radius 3 is 2.77 bits per heavy atom. The molecule has 1 N–H and O–H groups in total. The Kier molecular flexibility index (Phi) is 5.23. The minimum Gasteiger partial charge on any atom is -0.357 e. The van der Waals surface area contributed by atoms with E-state index in [0.717, 1.165) is 38.0 Å². The number of aromatic nitrogens is 1. The van der Waals surface area contributed by atoms with E-state index in [2.05, 4.69) is 36.1 Å². The molecule has 1 heterocycles. The average Bonchev–Trinajstić information content (AvgIpc) is 2.52. The molecule has 3 heteroatoms. The molecule has 0 radical (unpaired) electrons. The molecule has 1 aromatic carbocycles. The molecule has 0 fully saturated rings. The minimum atomic E-state index is 0.898. The van der Waals surface area contributed by atoms with Crippen LogP contribution in [-0.4, -0.2) is 4.98 Å². The summed E-state index contributed by atoms with van der Waals surface area (Å²) in [5.74, 6) is 0. The standard InChI is InChI=1S/C19H20N2S/c1-5-8-16-11-15(6-2)12-20-19(16)14(4)21-17-9-7-10-18(22)13(17)3/h5-12,21-22H,1-2H2,3-4H3/b16-8-,19-14-. The Hall–Kier alpha value is -2.26. The average molecular weight is 308 g/mol. The van der Waals surface area contributed by atoms with E-state index in [4.69, 9.17) is 0 Å². The van der Waals surface area contributed by atoms with Crippen LogP contribution in [0, 0.1) is 6.92 Å². The maximum Gasteiger partial charge on any atom is 0.0891 e. The molecule has 2 nitrogen and oxygen atoms in total. The predicted molar refractivity (Wildman–Crippen MR) is 99.4 cm³/mol. The van der Waals surface area contributed by atoms with Gasteiger partial charge in [-0.15, -0.1) is 12.6 Å². The van der Waals surface area contributed by atoms with Crippen LogP contribution in [0.4, 0.5) is 5.69 Å². The highest BCUT2D eigenvalue weighted by atomic mass is 32.1. The number of pyridine rings is 1. The van der Waals surface area contributed by atoms with Gasteiger partial charge in [-0.05, 0) is 43.2 Å². The van der Waals surface area contributed by atoms with Gasteiger partial charge < -0.3 is 5.32 Å². The summed E-state index contributed by atoms with van der Waals surface area (Å²) in [7, 11) is 0. The van der Waals surface area contributed by atoms with Crippen LogP contribution < -0.4 is 15.9 Å². The molecule has 0 aliphatic heterocycles. The van der Waals surface area contributed by atoms with Gasteiger partial charge in [-0.2, -0.15) is 0 Å². The number of hydrogen-bond acceptors (Lipinski definition) is 3. The van der Waals surface area contributed by atoms with E-state index < -0.39 is 0 Å². The molecule has 112 valence electrons. The first-order chi connectivity index (χ1) is 10.6. The lowest BCUT2D eigenvalue weighted by molar-refractivity contribution is 1.18. The lowest BCUT2D eigenvalue weighted by Crippen LogP contribution is -2.32. The van der Waals surface area contributed by atoms with Crippen LogP contribution in [0.25, 0.3) is 17.8 Å². The van der Waals surface area contributed by atoms with Crippen LogP contribution in [0.15, 0.2) is 54.6 Å². The normalized spacial score (nSPS) is 12.8. The highest BCUT2D eigenvalue weighted by molar-refractivity contribution is 7.80. The van der Waals surface area contributed by atoms with Crippen molar-refractivity contribution in [1.82, 2.24) is 4.98 Å². The van der Waals surface area contributed by atoms with Crippen molar-refractivity contribution in [1.29, 1.82) is 0 Å². The highest BCUT2D eigenvalue weighted by Gasteiger charge is 2.02. The van der Waals surface area contributed by atoms with Crippen LogP contribution >= 0.6 is 12.6 Å². The van der Waals surface area contributed by atoms with Crippen LogP contribution in [-0.2, 0) is 0 Å². The van der Waals surface area contributed by atoms with E-state index in [1.807, 2.05) is 50.4 Å². The SMILES string of the molecule is C=C/C=c1/cc(C=C)cn/c1=C(/C)Nc1cccc(S)c1C. The van der Waals surface area contributed by atoms with Gasteiger partial charge in [0.2, 0.25) is 0 Å². The maximum atomic E-state index is 4.55. The van der Waals surface area contributed by atoms with Crippen molar-refractivity contribution < 1.29 is 0 Å². The molecule has 0 amide bonds. The number of rotatable bonds is 4. The van der Waals surface area contributed by atoms with Gasteiger partial charge in [-0.25, -0.2) is 0 Å². The Morgan fingerprint density at radius 2 is 2.09 bits per heavy atom. The largest absolute Gasteiger partial charge is 0.357 e. The van der Waals surface area contributed by atoms with Crippen molar-refractivity contribution in [3.63, 3.8) is 0 Å². The summed E-state index contributed by atoms with van der Waals surface area (Å²) >= 11 is 4.46. The predicted octanol–water partition coefficient (Wildman–Crippen LogP) is 3.53. The van der Waals surface area contributed by atoms with Crippen LogP contribution in [0.1, 0.15) is 18.1 Å². The topological polar surface area (TPSA) is 24.9 Å². The summed E-state index contributed by atoms with van der Waals surface area (Å²) in [6, 6.07) is 8.04. The van der Waals surface area contributed by atoms with Crippen molar-refractivity contribution in [2.45, 2.75) is 18.7 Å². The first kappa shape index (κ1) is 16.1. The molecular weight excluding hydrogens is 288 g/mol.